The summed E-state index contributed by atoms with van der Waals surface area (Å²) in [5.74, 6) is 0.771. The number of benzene rings is 1. The Morgan fingerprint density at radius 3 is 2.89 bits per heavy atom. The number of aryl methyl sites for hydroxylation is 1. The maximum absolute atomic E-state index is 5.92. The minimum Gasteiger partial charge on any atom is -0.497 e. The highest BCUT2D eigenvalue weighted by atomic mass is 32.1. The van der Waals surface area contributed by atoms with Crippen LogP contribution in [0.15, 0.2) is 23.6 Å². The average Bonchev–Trinajstić information content (AvgIpc) is 2.77. The van der Waals surface area contributed by atoms with Gasteiger partial charge in [-0.1, -0.05) is 0 Å². The minimum absolute atomic E-state index is 0.698. The molecule has 96 valence electrons. The molecule has 0 aliphatic heterocycles. The first-order valence-corrected chi connectivity index (χ1v) is 6.65. The molecule has 0 unspecified atom stereocenters. The molecule has 0 atom stereocenters. The number of ether oxygens (including phenoxy) is 1. The maximum atomic E-state index is 5.92. The van der Waals surface area contributed by atoms with Gasteiger partial charge in [-0.3, -0.25) is 0 Å². The fourth-order valence-corrected chi connectivity index (χ4v) is 2.32. The quantitative estimate of drug-likeness (QED) is 0.814. The summed E-state index contributed by atoms with van der Waals surface area (Å²) >= 11 is 1.68. The van der Waals surface area contributed by atoms with Crippen LogP contribution in [0, 0.1) is 6.92 Å². The molecule has 1 aromatic heterocycles. The predicted octanol–water partition coefficient (Wildman–Crippen LogP) is 2.70. The highest BCUT2D eigenvalue weighted by Gasteiger charge is 2.02. The van der Waals surface area contributed by atoms with Crippen molar-refractivity contribution in [3.05, 3.63) is 34.3 Å². The Morgan fingerprint density at radius 2 is 2.28 bits per heavy atom. The number of nitrogens with two attached hydrogens (primary N) is 1. The first-order chi connectivity index (χ1) is 8.69. The monoisotopic (exact) mass is 263 g/mol. The van der Waals surface area contributed by atoms with Gasteiger partial charge >= 0.3 is 0 Å². The lowest BCUT2D eigenvalue weighted by Gasteiger charge is -2.09. The van der Waals surface area contributed by atoms with Crippen molar-refractivity contribution in [2.75, 3.05) is 24.7 Å². The highest BCUT2D eigenvalue weighted by Crippen LogP contribution is 2.23. The van der Waals surface area contributed by atoms with Gasteiger partial charge in [0, 0.05) is 24.4 Å². The number of methoxy groups -OCH3 is 1. The lowest BCUT2D eigenvalue weighted by atomic mass is 10.2. The van der Waals surface area contributed by atoms with Gasteiger partial charge in [0.25, 0.3) is 0 Å². The number of nitrogens with zero attached hydrogens (tertiary/aromatic N) is 1. The van der Waals surface area contributed by atoms with E-state index in [-0.39, 0.29) is 0 Å². The van der Waals surface area contributed by atoms with Gasteiger partial charge in [0.1, 0.15) is 5.75 Å². The van der Waals surface area contributed by atoms with Crippen molar-refractivity contribution in [1.29, 1.82) is 0 Å². The number of thiazole rings is 1. The molecule has 0 radical (unpaired) electrons. The topological polar surface area (TPSA) is 60.2 Å². The van der Waals surface area contributed by atoms with Crippen LogP contribution in [0.5, 0.6) is 5.75 Å². The third-order valence-electron chi connectivity index (χ3n) is 2.62. The largest absolute Gasteiger partial charge is 0.497 e. The summed E-state index contributed by atoms with van der Waals surface area (Å²) in [5, 5.41) is 6.50. The molecule has 1 heterocycles. The Morgan fingerprint density at radius 1 is 1.44 bits per heavy atom. The molecule has 2 aromatic rings. The van der Waals surface area contributed by atoms with Crippen molar-refractivity contribution >= 4 is 22.7 Å². The van der Waals surface area contributed by atoms with E-state index in [1.54, 1.807) is 18.4 Å². The van der Waals surface area contributed by atoms with E-state index < -0.39 is 0 Å². The second-order valence-corrected chi connectivity index (χ2v) is 5.05. The fraction of sp³-hybridized carbons (Fsp3) is 0.308. The van der Waals surface area contributed by atoms with Crippen molar-refractivity contribution < 1.29 is 4.74 Å². The number of aromatic nitrogens is 1. The lowest BCUT2D eigenvalue weighted by Crippen LogP contribution is -2.07. The highest BCUT2D eigenvalue weighted by molar-refractivity contribution is 7.09. The molecule has 0 aliphatic carbocycles. The van der Waals surface area contributed by atoms with E-state index in [9.17, 15) is 0 Å². The third kappa shape index (κ3) is 3.13. The van der Waals surface area contributed by atoms with Gasteiger partial charge in [-0.15, -0.1) is 11.3 Å². The average molecular weight is 263 g/mol. The summed E-state index contributed by atoms with van der Waals surface area (Å²) < 4.78 is 5.11. The Hall–Kier alpha value is -1.75. The van der Waals surface area contributed by atoms with E-state index in [4.69, 9.17) is 10.5 Å². The van der Waals surface area contributed by atoms with E-state index in [0.717, 1.165) is 35.1 Å². The van der Waals surface area contributed by atoms with Gasteiger partial charge in [-0.05, 0) is 19.1 Å². The molecule has 4 nitrogen and oxygen atoms in total. The number of hydrogen-bond acceptors (Lipinski definition) is 5. The molecule has 2 rings (SSSR count). The van der Waals surface area contributed by atoms with Crippen molar-refractivity contribution in [1.82, 2.24) is 4.98 Å². The summed E-state index contributed by atoms with van der Waals surface area (Å²) in [4.78, 5) is 4.42. The molecule has 0 aliphatic rings. The molecule has 0 spiro atoms. The van der Waals surface area contributed by atoms with Gasteiger partial charge in [0.05, 0.1) is 29.2 Å². The van der Waals surface area contributed by atoms with E-state index >= 15 is 0 Å². The van der Waals surface area contributed by atoms with Gasteiger partial charge < -0.3 is 15.8 Å². The number of hydrogen-bond donors (Lipinski definition) is 2. The Kier molecular flexibility index (Phi) is 4.04. The standard InChI is InChI=1S/C13H17N3OS/c1-9-16-10(8-18-9)5-6-15-13-4-3-11(17-2)7-12(13)14/h3-4,7-8,15H,5-6,14H2,1-2H3. The van der Waals surface area contributed by atoms with E-state index in [2.05, 4.69) is 15.7 Å². The maximum Gasteiger partial charge on any atom is 0.121 e. The zero-order valence-electron chi connectivity index (χ0n) is 10.6. The zero-order valence-corrected chi connectivity index (χ0v) is 11.4. The first kappa shape index (κ1) is 12.7. The Labute approximate surface area is 111 Å². The van der Waals surface area contributed by atoms with Crippen LogP contribution in [0.1, 0.15) is 10.7 Å². The molecule has 0 fully saturated rings. The van der Waals surface area contributed by atoms with E-state index in [0.29, 0.717) is 5.69 Å². The summed E-state index contributed by atoms with van der Waals surface area (Å²) in [7, 11) is 1.63. The van der Waals surface area contributed by atoms with Gasteiger partial charge in [-0.2, -0.15) is 0 Å². The Balaban J connectivity index is 1.90. The van der Waals surface area contributed by atoms with Crippen LogP contribution in [-0.2, 0) is 6.42 Å². The summed E-state index contributed by atoms with van der Waals surface area (Å²) in [6, 6.07) is 5.64. The molecule has 3 N–H and O–H groups in total. The molecular weight excluding hydrogens is 246 g/mol. The molecule has 0 saturated carbocycles. The van der Waals surface area contributed by atoms with Crippen LogP contribution in [0.4, 0.5) is 11.4 Å². The Bertz CT molecular complexity index is 525. The summed E-state index contributed by atoms with van der Waals surface area (Å²) in [6.07, 6.45) is 0.899. The second-order valence-electron chi connectivity index (χ2n) is 3.99. The van der Waals surface area contributed by atoms with Crippen LogP contribution in [0.2, 0.25) is 0 Å². The zero-order chi connectivity index (χ0) is 13.0. The van der Waals surface area contributed by atoms with E-state index in [1.165, 1.54) is 0 Å². The van der Waals surface area contributed by atoms with Crippen molar-refractivity contribution in [2.45, 2.75) is 13.3 Å². The molecule has 0 amide bonds. The molecule has 0 saturated heterocycles. The molecular formula is C13H17N3OS. The first-order valence-electron chi connectivity index (χ1n) is 5.77. The molecule has 1 aromatic carbocycles. The van der Waals surface area contributed by atoms with Crippen LogP contribution in [-0.4, -0.2) is 18.6 Å². The van der Waals surface area contributed by atoms with Crippen molar-refractivity contribution in [3.8, 4) is 5.75 Å². The number of anilines is 2. The smallest absolute Gasteiger partial charge is 0.121 e. The van der Waals surface area contributed by atoms with Gasteiger partial charge in [0.15, 0.2) is 0 Å². The van der Waals surface area contributed by atoms with E-state index in [1.807, 2.05) is 25.1 Å². The lowest BCUT2D eigenvalue weighted by molar-refractivity contribution is 0.415. The second kappa shape index (κ2) is 5.73. The SMILES string of the molecule is COc1ccc(NCCc2csc(C)n2)c(N)c1. The minimum atomic E-state index is 0.698. The van der Waals surface area contributed by atoms with Gasteiger partial charge in [0.2, 0.25) is 0 Å². The normalized spacial score (nSPS) is 10.3. The van der Waals surface area contributed by atoms with Crippen LogP contribution < -0.4 is 15.8 Å². The summed E-state index contributed by atoms with van der Waals surface area (Å²) in [5.41, 5.74) is 8.68. The molecule has 0 bridgehead atoms. The number of rotatable bonds is 5. The van der Waals surface area contributed by atoms with Crippen LogP contribution in [0.3, 0.4) is 0 Å². The van der Waals surface area contributed by atoms with Gasteiger partial charge in [-0.25, -0.2) is 4.98 Å². The number of nitrogen functional groups attached to an aromatic ring is 1. The van der Waals surface area contributed by atoms with Crippen molar-refractivity contribution in [3.63, 3.8) is 0 Å². The number of nitrogens with one attached hydrogen (secondary N) is 1. The third-order valence-corrected chi connectivity index (χ3v) is 3.44. The predicted molar refractivity (Wildman–Crippen MR) is 76.5 cm³/mol. The van der Waals surface area contributed by atoms with Crippen LogP contribution >= 0.6 is 11.3 Å². The van der Waals surface area contributed by atoms with Crippen molar-refractivity contribution in [2.24, 2.45) is 0 Å². The molecule has 18 heavy (non-hydrogen) atoms. The molecule has 5 heteroatoms. The summed E-state index contributed by atoms with van der Waals surface area (Å²) in [6.45, 7) is 2.84. The fourth-order valence-electron chi connectivity index (χ4n) is 1.68. The van der Waals surface area contributed by atoms with Crippen LogP contribution in [0.25, 0.3) is 0 Å².